The molecule has 0 bridgehead atoms. The third kappa shape index (κ3) is 4.42. The van der Waals surface area contributed by atoms with Crippen LogP contribution < -0.4 is 0 Å². The van der Waals surface area contributed by atoms with Gasteiger partial charge in [-0.2, -0.15) is 0 Å². The Hall–Kier alpha value is -0.160. The van der Waals surface area contributed by atoms with Crippen molar-refractivity contribution < 1.29 is 0 Å². The van der Waals surface area contributed by atoms with Crippen LogP contribution in [-0.4, -0.2) is 97.6 Å². The summed E-state index contributed by atoms with van der Waals surface area (Å²) in [5.41, 5.74) is 0. The van der Waals surface area contributed by atoms with Gasteiger partial charge in [0.15, 0.2) is 0 Å². The van der Waals surface area contributed by atoms with Crippen LogP contribution in [0.2, 0.25) is 0 Å². The first-order chi connectivity index (χ1) is 9.76. The summed E-state index contributed by atoms with van der Waals surface area (Å²) in [5.74, 6) is 0. The number of hydrogen-bond donors (Lipinski definition) is 0. The zero-order chi connectivity index (χ0) is 14.4. The van der Waals surface area contributed by atoms with Crippen LogP contribution in [0.1, 0.15) is 27.2 Å². The Morgan fingerprint density at radius 2 is 1.10 bits per heavy atom. The van der Waals surface area contributed by atoms with E-state index >= 15 is 0 Å². The van der Waals surface area contributed by atoms with Crippen molar-refractivity contribution in [2.24, 2.45) is 0 Å². The maximum atomic E-state index is 2.73. The second-order valence-corrected chi connectivity index (χ2v) is 6.27. The molecule has 0 saturated carbocycles. The molecule has 4 heteroatoms. The van der Waals surface area contributed by atoms with Crippen LogP contribution >= 0.6 is 0 Å². The lowest BCUT2D eigenvalue weighted by atomic mass is 10.1. The molecular weight excluding hydrogens is 248 g/mol. The van der Waals surface area contributed by atoms with E-state index in [1.807, 2.05) is 0 Å². The summed E-state index contributed by atoms with van der Waals surface area (Å²) in [7, 11) is 0. The molecule has 2 fully saturated rings. The molecule has 20 heavy (non-hydrogen) atoms. The van der Waals surface area contributed by atoms with Crippen LogP contribution in [0.4, 0.5) is 0 Å². The number of piperazine rings is 2. The third-order valence-electron chi connectivity index (χ3n) is 5.22. The van der Waals surface area contributed by atoms with Crippen molar-refractivity contribution in [1.82, 2.24) is 19.6 Å². The number of rotatable bonds is 6. The molecule has 0 spiro atoms. The van der Waals surface area contributed by atoms with Gasteiger partial charge in [0.1, 0.15) is 0 Å². The number of hydrogen-bond acceptors (Lipinski definition) is 4. The zero-order valence-electron chi connectivity index (χ0n) is 13.9. The van der Waals surface area contributed by atoms with E-state index in [1.54, 1.807) is 0 Å². The van der Waals surface area contributed by atoms with Crippen LogP contribution in [-0.2, 0) is 0 Å². The molecule has 1 atom stereocenters. The van der Waals surface area contributed by atoms with Crippen LogP contribution in [0.5, 0.6) is 0 Å². The first kappa shape index (κ1) is 16.2. The predicted molar refractivity (Wildman–Crippen MR) is 86.3 cm³/mol. The van der Waals surface area contributed by atoms with E-state index < -0.39 is 0 Å². The van der Waals surface area contributed by atoms with Crippen molar-refractivity contribution in [2.45, 2.75) is 33.2 Å². The van der Waals surface area contributed by atoms with Gasteiger partial charge < -0.3 is 9.80 Å². The number of likely N-dealkylation sites (N-methyl/N-ethyl adjacent to an activating group) is 2. The van der Waals surface area contributed by atoms with Gasteiger partial charge in [-0.25, -0.2) is 0 Å². The van der Waals surface area contributed by atoms with Crippen LogP contribution in [0.15, 0.2) is 0 Å². The minimum atomic E-state index is 0.766. The third-order valence-corrected chi connectivity index (χ3v) is 5.22. The molecule has 2 heterocycles. The van der Waals surface area contributed by atoms with Gasteiger partial charge in [0.05, 0.1) is 0 Å². The van der Waals surface area contributed by atoms with E-state index in [2.05, 4.69) is 40.4 Å². The molecule has 1 unspecified atom stereocenters. The van der Waals surface area contributed by atoms with Crippen molar-refractivity contribution in [2.75, 3.05) is 72.0 Å². The molecule has 2 aliphatic rings. The maximum absolute atomic E-state index is 2.73. The second kappa shape index (κ2) is 8.32. The van der Waals surface area contributed by atoms with Gasteiger partial charge in [-0.3, -0.25) is 9.80 Å². The molecule has 0 amide bonds. The van der Waals surface area contributed by atoms with E-state index in [-0.39, 0.29) is 0 Å². The highest BCUT2D eigenvalue weighted by Crippen LogP contribution is 2.12. The summed E-state index contributed by atoms with van der Waals surface area (Å²) in [4.78, 5) is 10.6. The summed E-state index contributed by atoms with van der Waals surface area (Å²) in [5, 5.41) is 0. The van der Waals surface area contributed by atoms with Crippen LogP contribution in [0, 0.1) is 0 Å². The maximum Gasteiger partial charge on any atom is 0.0221 e. The van der Waals surface area contributed by atoms with Gasteiger partial charge in [-0.15, -0.1) is 0 Å². The minimum Gasteiger partial charge on any atom is -0.301 e. The van der Waals surface area contributed by atoms with Gasteiger partial charge >= 0.3 is 0 Å². The fourth-order valence-corrected chi connectivity index (χ4v) is 3.53. The summed E-state index contributed by atoms with van der Waals surface area (Å²) in [6.45, 7) is 20.7. The van der Waals surface area contributed by atoms with Gasteiger partial charge in [0.25, 0.3) is 0 Å². The Morgan fingerprint density at radius 3 is 1.55 bits per heavy atom. The molecule has 118 valence electrons. The van der Waals surface area contributed by atoms with Crippen molar-refractivity contribution in [3.05, 3.63) is 0 Å². The summed E-state index contributed by atoms with van der Waals surface area (Å²) >= 11 is 0. The Balaban J connectivity index is 1.75. The highest BCUT2D eigenvalue weighted by atomic mass is 15.3. The average molecular weight is 282 g/mol. The van der Waals surface area contributed by atoms with Crippen molar-refractivity contribution in [1.29, 1.82) is 0 Å². The highest BCUT2D eigenvalue weighted by Gasteiger charge is 2.25. The van der Waals surface area contributed by atoms with E-state index in [0.717, 1.165) is 6.04 Å². The summed E-state index contributed by atoms with van der Waals surface area (Å²) in [6.07, 6.45) is 1.29. The fraction of sp³-hybridized carbons (Fsp3) is 1.00. The zero-order valence-corrected chi connectivity index (χ0v) is 13.9. The number of nitrogens with zero attached hydrogens (tertiary/aromatic N) is 4. The second-order valence-electron chi connectivity index (χ2n) is 6.27. The quantitative estimate of drug-likeness (QED) is 0.722. The molecule has 0 aliphatic carbocycles. The molecule has 2 saturated heterocycles. The van der Waals surface area contributed by atoms with Crippen molar-refractivity contribution >= 4 is 0 Å². The fourth-order valence-electron chi connectivity index (χ4n) is 3.53. The molecule has 0 aromatic rings. The monoisotopic (exact) mass is 282 g/mol. The molecule has 4 nitrogen and oxygen atoms in total. The van der Waals surface area contributed by atoms with Crippen molar-refractivity contribution in [3.8, 4) is 0 Å². The van der Waals surface area contributed by atoms with Gasteiger partial charge in [0, 0.05) is 64.9 Å². The largest absolute Gasteiger partial charge is 0.301 e. The first-order valence-corrected chi connectivity index (χ1v) is 8.67. The van der Waals surface area contributed by atoms with E-state index in [4.69, 9.17) is 0 Å². The molecule has 0 radical (unpaired) electrons. The van der Waals surface area contributed by atoms with Crippen LogP contribution in [0.25, 0.3) is 0 Å². The summed E-state index contributed by atoms with van der Waals surface area (Å²) in [6, 6.07) is 0.766. The molecule has 0 aromatic heterocycles. The predicted octanol–water partition coefficient (Wildman–Crippen LogP) is 1.04. The highest BCUT2D eigenvalue weighted by molar-refractivity contribution is 4.82. The topological polar surface area (TPSA) is 13.0 Å². The standard InChI is InChI=1S/C16H34N4/c1-4-16(20-13-11-18(6-3)12-14-20)15-19-9-7-17(5-2)8-10-19/h16H,4-15H2,1-3H3. The Kier molecular flexibility index (Phi) is 6.75. The van der Waals surface area contributed by atoms with Crippen LogP contribution in [0.3, 0.4) is 0 Å². The Bertz CT molecular complexity index is 255. The molecular formula is C16H34N4. The average Bonchev–Trinajstić information content (AvgIpc) is 2.53. The molecule has 2 rings (SSSR count). The lowest BCUT2D eigenvalue weighted by Gasteiger charge is -2.42. The lowest BCUT2D eigenvalue weighted by molar-refractivity contribution is 0.0586. The Morgan fingerprint density at radius 1 is 0.650 bits per heavy atom. The SMILES string of the molecule is CCC(CN1CCN(CC)CC1)N1CCN(CC)CC1. The molecule has 0 aromatic carbocycles. The Labute approximate surface area is 125 Å². The van der Waals surface area contributed by atoms with E-state index in [1.165, 1.54) is 78.4 Å². The van der Waals surface area contributed by atoms with E-state index in [9.17, 15) is 0 Å². The van der Waals surface area contributed by atoms with E-state index in [0.29, 0.717) is 0 Å². The van der Waals surface area contributed by atoms with Gasteiger partial charge in [-0.1, -0.05) is 20.8 Å². The summed E-state index contributed by atoms with van der Waals surface area (Å²) < 4.78 is 0. The van der Waals surface area contributed by atoms with Crippen molar-refractivity contribution in [3.63, 3.8) is 0 Å². The lowest BCUT2D eigenvalue weighted by Crippen LogP contribution is -2.55. The normalized spacial score (nSPS) is 25.9. The van der Waals surface area contributed by atoms with Gasteiger partial charge in [0.2, 0.25) is 0 Å². The minimum absolute atomic E-state index is 0.766. The van der Waals surface area contributed by atoms with Gasteiger partial charge in [-0.05, 0) is 19.5 Å². The molecule has 2 aliphatic heterocycles. The smallest absolute Gasteiger partial charge is 0.0221 e. The molecule has 0 N–H and O–H groups in total. The first-order valence-electron chi connectivity index (χ1n) is 8.67.